The van der Waals surface area contributed by atoms with Crippen molar-refractivity contribution in [2.24, 2.45) is 11.8 Å². The molecule has 0 spiro atoms. The average molecular weight is 311 g/mol. The van der Waals surface area contributed by atoms with Gasteiger partial charge in [0.05, 0.1) is 18.1 Å². The molecule has 4 nitrogen and oxygen atoms in total. The lowest BCUT2D eigenvalue weighted by Gasteiger charge is -2.52. The number of rotatable bonds is 2. The van der Waals surface area contributed by atoms with Crippen molar-refractivity contribution in [1.29, 1.82) is 0 Å². The van der Waals surface area contributed by atoms with E-state index in [0.717, 1.165) is 29.6 Å². The summed E-state index contributed by atoms with van der Waals surface area (Å²) in [7, 11) is 1.74. The first kappa shape index (κ1) is 13.8. The van der Waals surface area contributed by atoms with E-state index in [1.807, 2.05) is 6.07 Å². The zero-order valence-corrected chi connectivity index (χ0v) is 14.0. The minimum atomic E-state index is 0.619. The number of methoxy groups -OCH3 is 1. The summed E-state index contributed by atoms with van der Waals surface area (Å²) in [5, 5.41) is 0. The van der Waals surface area contributed by atoms with E-state index in [9.17, 15) is 0 Å². The fourth-order valence-corrected chi connectivity index (χ4v) is 5.55. The monoisotopic (exact) mass is 311 g/mol. The predicted molar refractivity (Wildman–Crippen MR) is 90.9 cm³/mol. The standard InChI is InChI=1S/C19H25N3O/c1-3-13-8-12-9-15-18(13)21(11-12)6-7-22-17-10-14(23-2)4-5-16(17)20-19(15)22/h4-5,10,12-13,15,18H,3,6-9,11H2,1-2H3. The van der Waals surface area contributed by atoms with Crippen molar-refractivity contribution in [2.45, 2.75) is 44.7 Å². The fourth-order valence-electron chi connectivity index (χ4n) is 5.55. The molecule has 5 atom stereocenters. The molecule has 2 aromatic rings. The largest absolute Gasteiger partial charge is 0.497 e. The number of nitrogens with zero attached hydrogens (tertiary/aromatic N) is 3. The molecule has 4 heteroatoms. The molecule has 2 saturated heterocycles. The molecule has 5 unspecified atom stereocenters. The van der Waals surface area contributed by atoms with Crippen LogP contribution in [0.3, 0.4) is 0 Å². The van der Waals surface area contributed by atoms with E-state index in [4.69, 9.17) is 9.72 Å². The Labute approximate surface area is 137 Å². The van der Waals surface area contributed by atoms with E-state index in [1.165, 1.54) is 43.7 Å². The van der Waals surface area contributed by atoms with Crippen LogP contribution in [0.15, 0.2) is 18.2 Å². The Morgan fingerprint density at radius 3 is 3.00 bits per heavy atom. The van der Waals surface area contributed by atoms with Crippen LogP contribution in [0.2, 0.25) is 0 Å². The first-order valence-electron chi connectivity index (χ1n) is 9.06. The molecule has 4 aliphatic rings. The summed E-state index contributed by atoms with van der Waals surface area (Å²) < 4.78 is 7.91. The summed E-state index contributed by atoms with van der Waals surface area (Å²) in [5.74, 6) is 4.61. The van der Waals surface area contributed by atoms with Crippen LogP contribution < -0.4 is 4.74 Å². The third-order valence-electron chi connectivity index (χ3n) is 6.48. The van der Waals surface area contributed by atoms with Gasteiger partial charge < -0.3 is 9.30 Å². The van der Waals surface area contributed by atoms with Crippen molar-refractivity contribution in [1.82, 2.24) is 14.5 Å². The lowest BCUT2D eigenvalue weighted by Crippen LogP contribution is -2.56. The number of ether oxygens (including phenoxy) is 1. The Hall–Kier alpha value is -1.55. The second-order valence-electron chi connectivity index (χ2n) is 7.57. The summed E-state index contributed by atoms with van der Waals surface area (Å²) in [6.07, 6.45) is 4.07. The second-order valence-corrected chi connectivity index (χ2v) is 7.57. The van der Waals surface area contributed by atoms with Gasteiger partial charge in [0, 0.05) is 37.7 Å². The summed E-state index contributed by atoms with van der Waals surface area (Å²) in [6.45, 7) is 5.91. The van der Waals surface area contributed by atoms with Gasteiger partial charge in [-0.2, -0.15) is 0 Å². The molecule has 0 amide bonds. The van der Waals surface area contributed by atoms with Gasteiger partial charge in [0.25, 0.3) is 0 Å². The molecule has 1 aromatic heterocycles. The quantitative estimate of drug-likeness (QED) is 0.853. The number of hydrogen-bond donors (Lipinski definition) is 0. The Morgan fingerprint density at radius 2 is 2.17 bits per heavy atom. The average Bonchev–Trinajstić information content (AvgIpc) is 2.92. The molecule has 4 heterocycles. The Kier molecular flexibility index (Phi) is 2.99. The van der Waals surface area contributed by atoms with Crippen LogP contribution in [-0.4, -0.2) is 40.7 Å². The maximum Gasteiger partial charge on any atom is 0.121 e. The van der Waals surface area contributed by atoms with Crippen molar-refractivity contribution < 1.29 is 4.74 Å². The highest BCUT2D eigenvalue weighted by Crippen LogP contribution is 2.49. The van der Waals surface area contributed by atoms with Gasteiger partial charge in [-0.3, -0.25) is 4.90 Å². The molecule has 0 N–H and O–H groups in total. The molecular weight excluding hydrogens is 286 g/mol. The molecule has 3 fully saturated rings. The van der Waals surface area contributed by atoms with Crippen LogP contribution in [-0.2, 0) is 6.54 Å². The minimum Gasteiger partial charge on any atom is -0.497 e. The number of fused-ring (bicyclic) bond motifs is 4. The van der Waals surface area contributed by atoms with Gasteiger partial charge in [-0.25, -0.2) is 4.98 Å². The van der Waals surface area contributed by atoms with Gasteiger partial charge in [0.2, 0.25) is 0 Å². The van der Waals surface area contributed by atoms with Gasteiger partial charge in [0.1, 0.15) is 11.6 Å². The van der Waals surface area contributed by atoms with Gasteiger partial charge in [-0.1, -0.05) is 13.3 Å². The van der Waals surface area contributed by atoms with Crippen LogP contribution in [0.1, 0.15) is 37.9 Å². The van der Waals surface area contributed by atoms with E-state index >= 15 is 0 Å². The van der Waals surface area contributed by atoms with Gasteiger partial charge in [0.15, 0.2) is 0 Å². The van der Waals surface area contributed by atoms with Crippen LogP contribution in [0.4, 0.5) is 0 Å². The smallest absolute Gasteiger partial charge is 0.121 e. The van der Waals surface area contributed by atoms with E-state index in [0.29, 0.717) is 12.0 Å². The lowest BCUT2D eigenvalue weighted by molar-refractivity contribution is -0.0134. The zero-order chi connectivity index (χ0) is 15.6. The van der Waals surface area contributed by atoms with Crippen molar-refractivity contribution in [3.8, 4) is 5.75 Å². The first-order valence-corrected chi connectivity index (χ1v) is 9.06. The van der Waals surface area contributed by atoms with Crippen LogP contribution in [0.25, 0.3) is 11.0 Å². The van der Waals surface area contributed by atoms with Crippen LogP contribution >= 0.6 is 0 Å². The highest BCUT2D eigenvalue weighted by Gasteiger charge is 2.49. The van der Waals surface area contributed by atoms with E-state index in [1.54, 1.807) is 7.11 Å². The van der Waals surface area contributed by atoms with Gasteiger partial charge >= 0.3 is 0 Å². The summed E-state index contributed by atoms with van der Waals surface area (Å²) in [6, 6.07) is 7.02. The summed E-state index contributed by atoms with van der Waals surface area (Å²) in [4.78, 5) is 7.85. The Morgan fingerprint density at radius 1 is 1.26 bits per heavy atom. The van der Waals surface area contributed by atoms with Gasteiger partial charge in [-0.15, -0.1) is 0 Å². The lowest BCUT2D eigenvalue weighted by atomic mass is 9.66. The highest BCUT2D eigenvalue weighted by molar-refractivity contribution is 5.78. The van der Waals surface area contributed by atoms with Crippen molar-refractivity contribution in [2.75, 3.05) is 20.2 Å². The molecular formula is C19H25N3O. The van der Waals surface area contributed by atoms with E-state index < -0.39 is 0 Å². The second kappa shape index (κ2) is 4.97. The van der Waals surface area contributed by atoms with Crippen LogP contribution in [0, 0.1) is 11.8 Å². The fraction of sp³-hybridized carbons (Fsp3) is 0.632. The van der Waals surface area contributed by atoms with Gasteiger partial charge in [-0.05, 0) is 36.8 Å². The number of benzene rings is 1. The molecule has 3 aliphatic heterocycles. The Bertz CT molecular complexity index is 752. The van der Waals surface area contributed by atoms with Crippen molar-refractivity contribution >= 4 is 11.0 Å². The van der Waals surface area contributed by atoms with Crippen LogP contribution in [0.5, 0.6) is 5.75 Å². The first-order chi connectivity index (χ1) is 11.3. The van der Waals surface area contributed by atoms with E-state index in [-0.39, 0.29) is 0 Å². The maximum atomic E-state index is 5.43. The third kappa shape index (κ3) is 1.90. The molecule has 0 radical (unpaired) electrons. The number of imidazole rings is 1. The predicted octanol–water partition coefficient (Wildman–Crippen LogP) is 3.26. The SMILES string of the molecule is CCC1CC2CC3c4nc5ccc(OC)cc5n4CCN(C2)C13. The van der Waals surface area contributed by atoms with Crippen molar-refractivity contribution in [3.05, 3.63) is 24.0 Å². The van der Waals surface area contributed by atoms with Crippen molar-refractivity contribution in [3.63, 3.8) is 0 Å². The number of piperidine rings is 2. The molecule has 6 rings (SSSR count). The maximum absolute atomic E-state index is 5.43. The molecule has 1 saturated carbocycles. The normalized spacial score (nSPS) is 35.1. The minimum absolute atomic E-state index is 0.619. The number of aromatic nitrogens is 2. The molecule has 4 bridgehead atoms. The summed E-state index contributed by atoms with van der Waals surface area (Å²) in [5.41, 5.74) is 2.38. The third-order valence-corrected chi connectivity index (χ3v) is 6.48. The molecule has 1 aromatic carbocycles. The molecule has 122 valence electrons. The zero-order valence-electron chi connectivity index (χ0n) is 14.0. The molecule has 1 aliphatic carbocycles. The highest BCUT2D eigenvalue weighted by atomic mass is 16.5. The Balaban J connectivity index is 1.66. The molecule has 23 heavy (non-hydrogen) atoms. The summed E-state index contributed by atoms with van der Waals surface area (Å²) >= 11 is 0. The number of hydrogen-bond acceptors (Lipinski definition) is 3. The van der Waals surface area contributed by atoms with E-state index in [2.05, 4.69) is 28.5 Å². The topological polar surface area (TPSA) is 30.3 Å².